The second kappa shape index (κ2) is 4.26. The number of nitrogens with zero attached hydrogens (tertiary/aromatic N) is 1. The lowest BCUT2D eigenvalue weighted by Gasteiger charge is -2.14. The molecule has 0 saturated carbocycles. The summed E-state index contributed by atoms with van der Waals surface area (Å²) in [6.07, 6.45) is 3.11. The fourth-order valence-electron chi connectivity index (χ4n) is 1.52. The van der Waals surface area contributed by atoms with Gasteiger partial charge in [0, 0.05) is 7.05 Å². The smallest absolute Gasteiger partial charge is 0.257 e. The molecule has 0 aliphatic heterocycles. The number of amides is 1. The van der Waals surface area contributed by atoms with E-state index in [9.17, 15) is 4.79 Å². The molecule has 0 aliphatic carbocycles. The van der Waals surface area contributed by atoms with Gasteiger partial charge in [-0.05, 0) is 25.1 Å². The van der Waals surface area contributed by atoms with E-state index in [1.165, 1.54) is 6.26 Å². The first-order valence-electron chi connectivity index (χ1n) is 5.00. The van der Waals surface area contributed by atoms with E-state index < -0.39 is 0 Å². The fourth-order valence-corrected chi connectivity index (χ4v) is 1.52. The summed E-state index contributed by atoms with van der Waals surface area (Å²) >= 11 is 0. The zero-order valence-electron chi connectivity index (χ0n) is 9.27. The second-order valence-electron chi connectivity index (χ2n) is 3.63. The molecule has 2 heterocycles. The molecular weight excluding hydrogens is 206 g/mol. The average molecular weight is 219 g/mol. The largest absolute Gasteiger partial charge is 0.469 e. The molecule has 0 unspecified atom stereocenters. The highest BCUT2D eigenvalue weighted by atomic mass is 16.3. The van der Waals surface area contributed by atoms with Crippen LogP contribution in [0.4, 0.5) is 0 Å². The molecule has 2 aromatic heterocycles. The van der Waals surface area contributed by atoms with E-state index in [1.54, 1.807) is 37.3 Å². The van der Waals surface area contributed by atoms with Crippen LogP contribution in [-0.2, 0) is 6.54 Å². The van der Waals surface area contributed by atoms with Crippen LogP contribution in [-0.4, -0.2) is 17.9 Å². The summed E-state index contributed by atoms with van der Waals surface area (Å²) in [6, 6.07) is 5.32. The number of carbonyl (C=O) groups is 1. The zero-order valence-corrected chi connectivity index (χ0v) is 9.27. The molecule has 0 N–H and O–H groups in total. The van der Waals surface area contributed by atoms with Gasteiger partial charge in [-0.3, -0.25) is 4.79 Å². The van der Waals surface area contributed by atoms with Crippen LogP contribution < -0.4 is 0 Å². The summed E-state index contributed by atoms with van der Waals surface area (Å²) in [6.45, 7) is 2.23. The predicted octanol–water partition coefficient (Wildman–Crippen LogP) is 2.45. The van der Waals surface area contributed by atoms with Crippen LogP contribution in [0, 0.1) is 6.92 Å². The molecule has 4 heteroatoms. The molecule has 84 valence electrons. The molecule has 0 spiro atoms. The minimum Gasteiger partial charge on any atom is -0.469 e. The van der Waals surface area contributed by atoms with E-state index in [4.69, 9.17) is 8.83 Å². The van der Waals surface area contributed by atoms with Crippen LogP contribution in [0.25, 0.3) is 0 Å². The summed E-state index contributed by atoms with van der Waals surface area (Å²) < 4.78 is 10.3. The first-order chi connectivity index (χ1) is 7.68. The lowest BCUT2D eigenvalue weighted by molar-refractivity contribution is 0.0773. The molecule has 0 aliphatic rings. The molecule has 2 aromatic rings. The summed E-state index contributed by atoms with van der Waals surface area (Å²) in [4.78, 5) is 13.6. The molecule has 0 radical (unpaired) electrons. The van der Waals surface area contributed by atoms with Crippen molar-refractivity contribution in [1.29, 1.82) is 0 Å². The maximum Gasteiger partial charge on any atom is 0.257 e. The van der Waals surface area contributed by atoms with Crippen LogP contribution in [0.5, 0.6) is 0 Å². The molecule has 4 nitrogen and oxygen atoms in total. The van der Waals surface area contributed by atoms with Gasteiger partial charge in [0.05, 0.1) is 24.6 Å². The van der Waals surface area contributed by atoms with Crippen molar-refractivity contribution in [2.24, 2.45) is 0 Å². The highest BCUT2D eigenvalue weighted by molar-refractivity contribution is 5.94. The Bertz CT molecular complexity index is 470. The van der Waals surface area contributed by atoms with E-state index in [1.807, 2.05) is 6.07 Å². The van der Waals surface area contributed by atoms with E-state index in [0.29, 0.717) is 17.9 Å². The van der Waals surface area contributed by atoms with Crippen molar-refractivity contribution in [3.8, 4) is 0 Å². The Morgan fingerprint density at radius 3 is 2.69 bits per heavy atom. The van der Waals surface area contributed by atoms with E-state index in [2.05, 4.69) is 0 Å². The molecule has 0 saturated heterocycles. The van der Waals surface area contributed by atoms with Crippen LogP contribution in [0.2, 0.25) is 0 Å². The van der Waals surface area contributed by atoms with Crippen LogP contribution in [0.3, 0.4) is 0 Å². The third-order valence-corrected chi connectivity index (χ3v) is 2.41. The van der Waals surface area contributed by atoms with Crippen molar-refractivity contribution in [2.45, 2.75) is 13.5 Å². The van der Waals surface area contributed by atoms with Gasteiger partial charge in [-0.15, -0.1) is 0 Å². The lowest BCUT2D eigenvalue weighted by atomic mass is 10.2. The summed E-state index contributed by atoms with van der Waals surface area (Å²) in [5.41, 5.74) is 0.592. The first-order valence-corrected chi connectivity index (χ1v) is 5.00. The number of carbonyl (C=O) groups excluding carboxylic acids is 1. The van der Waals surface area contributed by atoms with Gasteiger partial charge in [-0.1, -0.05) is 0 Å². The molecule has 16 heavy (non-hydrogen) atoms. The third kappa shape index (κ3) is 2.00. The van der Waals surface area contributed by atoms with E-state index in [-0.39, 0.29) is 5.91 Å². The Balaban J connectivity index is 2.08. The first kappa shape index (κ1) is 10.5. The predicted molar refractivity (Wildman–Crippen MR) is 58.0 cm³/mol. The number of hydrogen-bond acceptors (Lipinski definition) is 3. The number of hydrogen-bond donors (Lipinski definition) is 0. The van der Waals surface area contributed by atoms with Crippen molar-refractivity contribution >= 4 is 5.91 Å². The Labute approximate surface area is 93.5 Å². The van der Waals surface area contributed by atoms with Crippen molar-refractivity contribution in [2.75, 3.05) is 7.05 Å². The zero-order chi connectivity index (χ0) is 11.5. The van der Waals surface area contributed by atoms with Gasteiger partial charge in [0.25, 0.3) is 5.91 Å². The van der Waals surface area contributed by atoms with Gasteiger partial charge in [-0.25, -0.2) is 0 Å². The van der Waals surface area contributed by atoms with Crippen molar-refractivity contribution in [3.05, 3.63) is 47.8 Å². The van der Waals surface area contributed by atoms with E-state index in [0.717, 1.165) is 5.76 Å². The Kier molecular flexibility index (Phi) is 2.81. The van der Waals surface area contributed by atoms with Crippen LogP contribution >= 0.6 is 0 Å². The van der Waals surface area contributed by atoms with Crippen LogP contribution in [0.15, 0.2) is 39.6 Å². The van der Waals surface area contributed by atoms with Gasteiger partial charge in [0.1, 0.15) is 11.5 Å². The average Bonchev–Trinajstić information content (AvgIpc) is 2.88. The maximum atomic E-state index is 12.0. The highest BCUT2D eigenvalue weighted by Gasteiger charge is 2.16. The monoisotopic (exact) mass is 219 g/mol. The number of furan rings is 2. The van der Waals surface area contributed by atoms with Crippen molar-refractivity contribution in [3.63, 3.8) is 0 Å². The Morgan fingerprint density at radius 1 is 1.31 bits per heavy atom. The molecule has 0 fully saturated rings. The molecule has 0 atom stereocenters. The van der Waals surface area contributed by atoms with Gasteiger partial charge in [0.15, 0.2) is 0 Å². The minimum atomic E-state index is -0.0670. The standard InChI is InChI=1S/C12H13NO3/c1-9-11(5-7-15-9)12(14)13(2)8-10-4-3-6-16-10/h3-7H,8H2,1-2H3. The molecule has 2 rings (SSSR count). The third-order valence-electron chi connectivity index (χ3n) is 2.41. The summed E-state index contributed by atoms with van der Waals surface area (Å²) in [7, 11) is 1.73. The summed E-state index contributed by atoms with van der Waals surface area (Å²) in [5, 5.41) is 0. The quantitative estimate of drug-likeness (QED) is 0.796. The normalized spacial score (nSPS) is 10.4. The molecule has 0 aromatic carbocycles. The topological polar surface area (TPSA) is 46.6 Å². The van der Waals surface area contributed by atoms with Crippen molar-refractivity contribution in [1.82, 2.24) is 4.90 Å². The molecule has 1 amide bonds. The Morgan fingerprint density at radius 2 is 2.12 bits per heavy atom. The van der Waals surface area contributed by atoms with Crippen molar-refractivity contribution < 1.29 is 13.6 Å². The number of aryl methyl sites for hydroxylation is 1. The van der Waals surface area contributed by atoms with Crippen LogP contribution in [0.1, 0.15) is 21.9 Å². The van der Waals surface area contributed by atoms with Gasteiger partial charge in [0.2, 0.25) is 0 Å². The molecular formula is C12H13NO3. The second-order valence-corrected chi connectivity index (χ2v) is 3.63. The fraction of sp³-hybridized carbons (Fsp3) is 0.250. The maximum absolute atomic E-state index is 12.0. The van der Waals surface area contributed by atoms with E-state index >= 15 is 0 Å². The summed E-state index contributed by atoms with van der Waals surface area (Å²) in [5.74, 6) is 1.33. The van der Waals surface area contributed by atoms with Gasteiger partial charge < -0.3 is 13.7 Å². The molecule has 0 bridgehead atoms. The minimum absolute atomic E-state index is 0.0670. The van der Waals surface area contributed by atoms with Gasteiger partial charge >= 0.3 is 0 Å². The van der Waals surface area contributed by atoms with Gasteiger partial charge in [-0.2, -0.15) is 0 Å². The SMILES string of the molecule is Cc1occc1C(=O)N(C)Cc1ccco1. The lowest BCUT2D eigenvalue weighted by Crippen LogP contribution is -2.26. The highest BCUT2D eigenvalue weighted by Crippen LogP contribution is 2.13. The number of rotatable bonds is 3. The Hall–Kier alpha value is -1.97.